The number of aliphatic hydroxyl groups is 2. The summed E-state index contributed by atoms with van der Waals surface area (Å²) in [6, 6.07) is -0.216. The van der Waals surface area contributed by atoms with Gasteiger partial charge in [-0.2, -0.15) is 0 Å². The van der Waals surface area contributed by atoms with Crippen molar-refractivity contribution in [3.05, 3.63) is 37.8 Å². The fourth-order valence-electron chi connectivity index (χ4n) is 5.05. The minimum absolute atomic E-state index is 0.0489. The molecule has 7 nitrogen and oxygen atoms in total. The van der Waals surface area contributed by atoms with E-state index in [0.717, 1.165) is 0 Å². The summed E-state index contributed by atoms with van der Waals surface area (Å²) in [6.45, 7) is 2.03. The zero-order valence-corrected chi connectivity index (χ0v) is 17.0. The molecule has 1 aromatic heterocycles. The largest absolute Gasteiger partial charge is 0.390 e. The van der Waals surface area contributed by atoms with Crippen molar-refractivity contribution in [2.75, 3.05) is 18.0 Å². The van der Waals surface area contributed by atoms with Crippen molar-refractivity contribution in [1.82, 2.24) is 9.55 Å². The molecule has 1 saturated heterocycles. The fourth-order valence-corrected chi connectivity index (χ4v) is 5.05. The molecule has 3 fully saturated rings. The number of nitrogens with one attached hydrogen (secondary N) is 1. The van der Waals surface area contributed by atoms with E-state index in [-0.39, 0.29) is 35.3 Å². The number of rotatable bonds is 5. The number of H-pyrrole nitrogens is 1. The molecule has 2 atom stereocenters. The molecule has 0 bridgehead atoms. The normalized spacial score (nSPS) is 23.7. The summed E-state index contributed by atoms with van der Waals surface area (Å²) in [5.74, 6) is -1.51. The van der Waals surface area contributed by atoms with Crippen LogP contribution < -0.4 is 16.1 Å². The van der Waals surface area contributed by atoms with Crippen LogP contribution in [0.4, 0.5) is 18.9 Å². The van der Waals surface area contributed by atoms with Crippen LogP contribution in [0.3, 0.4) is 0 Å². The van der Waals surface area contributed by atoms with Crippen LogP contribution in [0.25, 0.3) is 10.9 Å². The van der Waals surface area contributed by atoms with E-state index in [1.165, 1.54) is 11.5 Å². The maximum atomic E-state index is 15.5. The second kappa shape index (κ2) is 6.83. The Morgan fingerprint density at radius 3 is 2.45 bits per heavy atom. The predicted molar refractivity (Wildman–Crippen MR) is 107 cm³/mol. The molecule has 2 heterocycles. The molecule has 1 aliphatic heterocycles. The molecule has 0 radical (unpaired) electrons. The fraction of sp³-hybridized carbons (Fsp3) is 0.619. The average molecular weight is 439 g/mol. The van der Waals surface area contributed by atoms with E-state index in [2.05, 4.69) is 4.98 Å². The molecular weight excluding hydrogens is 415 g/mol. The Labute approximate surface area is 175 Å². The summed E-state index contributed by atoms with van der Waals surface area (Å²) in [6.07, 6.45) is -1.40. The number of aromatic nitrogens is 2. The molecule has 0 spiro atoms. The monoisotopic (exact) mass is 439 g/mol. The third kappa shape index (κ3) is 3.10. The summed E-state index contributed by atoms with van der Waals surface area (Å²) in [7, 11) is 0. The zero-order chi connectivity index (χ0) is 22.2. The molecule has 168 valence electrons. The SMILES string of the molecule is Cc1c(N2CCC(C(O)C3(O)CC3)C2)c(F)c(C(F)F)c2c(=O)[nH]c(=O)n(C3CC3)c12. The summed E-state index contributed by atoms with van der Waals surface area (Å²) in [5.41, 5.74) is -3.60. The summed E-state index contributed by atoms with van der Waals surface area (Å²) in [4.78, 5) is 28.6. The van der Waals surface area contributed by atoms with Gasteiger partial charge >= 0.3 is 5.69 Å². The molecular formula is C21H24F3N3O4. The van der Waals surface area contributed by atoms with Gasteiger partial charge in [0, 0.05) is 30.6 Å². The van der Waals surface area contributed by atoms with Crippen molar-refractivity contribution >= 4 is 16.6 Å². The Morgan fingerprint density at radius 2 is 1.87 bits per heavy atom. The van der Waals surface area contributed by atoms with Crippen LogP contribution in [0, 0.1) is 18.7 Å². The predicted octanol–water partition coefficient (Wildman–Crippen LogP) is 2.12. The van der Waals surface area contributed by atoms with E-state index in [1.54, 1.807) is 4.90 Å². The number of halogens is 3. The molecule has 2 unspecified atom stereocenters. The van der Waals surface area contributed by atoms with Crippen molar-refractivity contribution < 1.29 is 23.4 Å². The van der Waals surface area contributed by atoms with Crippen LogP contribution in [0.2, 0.25) is 0 Å². The van der Waals surface area contributed by atoms with E-state index in [0.29, 0.717) is 38.6 Å². The highest BCUT2D eigenvalue weighted by molar-refractivity contribution is 5.90. The second-order valence-corrected chi connectivity index (χ2v) is 9.13. The molecule has 5 rings (SSSR count). The first-order chi connectivity index (χ1) is 14.6. The van der Waals surface area contributed by atoms with E-state index in [9.17, 15) is 28.6 Å². The Hall–Kier alpha value is -2.33. The van der Waals surface area contributed by atoms with Gasteiger partial charge in [-0.15, -0.1) is 0 Å². The van der Waals surface area contributed by atoms with E-state index < -0.39 is 46.1 Å². The number of aryl methyl sites for hydroxylation is 1. The van der Waals surface area contributed by atoms with Crippen molar-refractivity contribution in [1.29, 1.82) is 0 Å². The topological polar surface area (TPSA) is 98.6 Å². The summed E-state index contributed by atoms with van der Waals surface area (Å²) < 4.78 is 44.8. The lowest BCUT2D eigenvalue weighted by molar-refractivity contribution is -0.0299. The molecule has 3 N–H and O–H groups in total. The van der Waals surface area contributed by atoms with Gasteiger partial charge in [0.2, 0.25) is 0 Å². The standard InChI is InChI=1S/C21H24F3N3O4/c1-9-15-13(19(29)25-20(30)27(15)11-2-3-11)12(18(23)24)14(22)16(9)26-7-4-10(8-26)17(28)21(31)5-6-21/h10-11,17-18,28,31H,2-8H2,1H3,(H,25,29,30). The summed E-state index contributed by atoms with van der Waals surface area (Å²) >= 11 is 0. The highest BCUT2D eigenvalue weighted by atomic mass is 19.3. The molecule has 31 heavy (non-hydrogen) atoms. The minimum Gasteiger partial charge on any atom is -0.390 e. The number of nitrogens with zero attached hydrogens (tertiary/aromatic N) is 2. The number of alkyl halides is 2. The second-order valence-electron chi connectivity index (χ2n) is 9.13. The number of hydrogen-bond donors (Lipinski definition) is 3. The van der Waals surface area contributed by atoms with Gasteiger partial charge in [0.15, 0.2) is 5.82 Å². The Balaban J connectivity index is 1.70. The number of hydrogen-bond acceptors (Lipinski definition) is 5. The lowest BCUT2D eigenvalue weighted by atomic mass is 9.95. The smallest absolute Gasteiger partial charge is 0.329 e. The first-order valence-corrected chi connectivity index (χ1v) is 10.6. The van der Waals surface area contributed by atoms with E-state index in [1.807, 2.05) is 0 Å². The molecule has 2 aliphatic carbocycles. The highest BCUT2D eigenvalue weighted by Gasteiger charge is 2.51. The maximum Gasteiger partial charge on any atom is 0.329 e. The lowest BCUT2D eigenvalue weighted by Crippen LogP contribution is -2.37. The van der Waals surface area contributed by atoms with Gasteiger partial charge in [0.25, 0.3) is 12.0 Å². The van der Waals surface area contributed by atoms with Crippen LogP contribution in [0.5, 0.6) is 0 Å². The molecule has 3 aliphatic rings. The first-order valence-electron chi connectivity index (χ1n) is 10.6. The van der Waals surface area contributed by atoms with Crippen LogP contribution in [0.15, 0.2) is 9.59 Å². The molecule has 10 heteroatoms. The summed E-state index contributed by atoms with van der Waals surface area (Å²) in [5, 5.41) is 20.2. The van der Waals surface area contributed by atoms with Gasteiger partial charge in [0.05, 0.1) is 33.9 Å². The van der Waals surface area contributed by atoms with Crippen molar-refractivity contribution in [3.8, 4) is 0 Å². The Kier molecular flexibility index (Phi) is 4.53. The number of aliphatic hydroxyl groups excluding tert-OH is 1. The minimum atomic E-state index is -3.25. The third-order valence-electron chi connectivity index (χ3n) is 7.00. The third-order valence-corrected chi connectivity index (χ3v) is 7.00. The van der Waals surface area contributed by atoms with Crippen LogP contribution in [-0.4, -0.2) is 44.6 Å². The Bertz CT molecular complexity index is 1180. The van der Waals surface area contributed by atoms with Gasteiger partial charge in [-0.3, -0.25) is 14.3 Å². The van der Waals surface area contributed by atoms with Gasteiger partial charge in [-0.1, -0.05) is 0 Å². The lowest BCUT2D eigenvalue weighted by Gasteiger charge is -2.27. The van der Waals surface area contributed by atoms with Crippen LogP contribution in [0.1, 0.15) is 55.7 Å². The Morgan fingerprint density at radius 1 is 1.19 bits per heavy atom. The van der Waals surface area contributed by atoms with E-state index in [4.69, 9.17) is 0 Å². The number of fused-ring (bicyclic) bond motifs is 1. The quantitative estimate of drug-likeness (QED) is 0.663. The van der Waals surface area contributed by atoms with Gasteiger partial charge in [-0.25, -0.2) is 18.0 Å². The molecule has 2 saturated carbocycles. The number of benzene rings is 1. The van der Waals surface area contributed by atoms with Gasteiger partial charge in [-0.05, 0) is 39.0 Å². The molecule has 0 amide bonds. The van der Waals surface area contributed by atoms with E-state index >= 15 is 4.39 Å². The average Bonchev–Trinajstić information content (AvgIpc) is 3.62. The van der Waals surface area contributed by atoms with Crippen molar-refractivity contribution in [2.45, 2.75) is 63.2 Å². The molecule has 1 aromatic carbocycles. The van der Waals surface area contributed by atoms with Crippen molar-refractivity contribution in [2.24, 2.45) is 5.92 Å². The number of anilines is 1. The zero-order valence-electron chi connectivity index (χ0n) is 17.0. The van der Waals surface area contributed by atoms with Crippen LogP contribution in [-0.2, 0) is 0 Å². The maximum absolute atomic E-state index is 15.5. The van der Waals surface area contributed by atoms with Gasteiger partial charge < -0.3 is 15.1 Å². The van der Waals surface area contributed by atoms with Crippen molar-refractivity contribution in [3.63, 3.8) is 0 Å². The van der Waals surface area contributed by atoms with Crippen LogP contribution >= 0.6 is 0 Å². The van der Waals surface area contributed by atoms with Gasteiger partial charge in [0.1, 0.15) is 0 Å². The highest BCUT2D eigenvalue weighted by Crippen LogP contribution is 2.46. The number of aromatic amines is 1. The molecule has 2 aromatic rings. The first kappa shape index (κ1) is 20.6.